The number of nitrogens with zero attached hydrogens (tertiary/aromatic N) is 2. The van der Waals surface area contributed by atoms with E-state index in [1.807, 2.05) is 6.92 Å². The van der Waals surface area contributed by atoms with Crippen LogP contribution in [0.1, 0.15) is 6.92 Å². The van der Waals surface area contributed by atoms with Crippen LogP contribution in [0.3, 0.4) is 0 Å². The largest absolute Gasteiger partial charge is 0.314 e. The van der Waals surface area contributed by atoms with Gasteiger partial charge in [-0.05, 0) is 12.6 Å². The van der Waals surface area contributed by atoms with Gasteiger partial charge in [-0.3, -0.25) is 9.69 Å². The highest BCUT2D eigenvalue weighted by atomic mass is 35.5. The van der Waals surface area contributed by atoms with E-state index in [1.165, 1.54) is 6.20 Å². The van der Waals surface area contributed by atoms with Crippen LogP contribution < -0.4 is 10.6 Å². The van der Waals surface area contributed by atoms with E-state index in [0.717, 1.165) is 19.6 Å². The van der Waals surface area contributed by atoms with Crippen LogP contribution in [0.5, 0.6) is 0 Å². The Hall–Kier alpha value is -0.880. The molecule has 0 bridgehead atoms. The topological polar surface area (TPSA) is 57.3 Å². The van der Waals surface area contributed by atoms with E-state index >= 15 is 0 Å². The molecule has 0 saturated carbocycles. The first-order valence-corrected chi connectivity index (χ1v) is 6.91. The van der Waals surface area contributed by atoms with Crippen molar-refractivity contribution < 1.29 is 4.79 Å². The molecule has 0 aliphatic carbocycles. The lowest BCUT2D eigenvalue weighted by atomic mass is 10.1. The molecule has 1 saturated heterocycles. The zero-order valence-electron chi connectivity index (χ0n) is 10.6. The van der Waals surface area contributed by atoms with Crippen LogP contribution in [0.25, 0.3) is 0 Å². The summed E-state index contributed by atoms with van der Waals surface area (Å²) in [4.78, 5) is 18.1. The molecular formula is C12H16Cl2N4O. The van der Waals surface area contributed by atoms with Gasteiger partial charge in [0.25, 0.3) is 0 Å². The van der Waals surface area contributed by atoms with Crippen LogP contribution in [-0.2, 0) is 4.79 Å². The van der Waals surface area contributed by atoms with Gasteiger partial charge in [-0.2, -0.15) is 0 Å². The zero-order valence-corrected chi connectivity index (χ0v) is 12.1. The van der Waals surface area contributed by atoms with E-state index in [4.69, 9.17) is 23.2 Å². The maximum absolute atomic E-state index is 12.0. The molecule has 0 radical (unpaired) electrons. The van der Waals surface area contributed by atoms with Crippen LogP contribution in [0.2, 0.25) is 10.0 Å². The second kappa shape index (κ2) is 6.52. The number of hydrogen-bond donors (Lipinski definition) is 2. The molecule has 0 atom stereocenters. The maximum Gasteiger partial charge on any atom is 0.239 e. The molecule has 0 unspecified atom stereocenters. The number of pyridine rings is 1. The molecule has 0 aromatic carbocycles. The van der Waals surface area contributed by atoms with Crippen LogP contribution in [0.15, 0.2) is 12.3 Å². The van der Waals surface area contributed by atoms with Crippen molar-refractivity contribution in [1.29, 1.82) is 0 Å². The number of carbonyl (C=O) groups excluding carboxylic acids is 1. The summed E-state index contributed by atoms with van der Waals surface area (Å²) < 4.78 is 0. The predicted molar refractivity (Wildman–Crippen MR) is 76.8 cm³/mol. The molecule has 104 valence electrons. The number of halogens is 2. The fourth-order valence-corrected chi connectivity index (χ4v) is 2.32. The maximum atomic E-state index is 12.0. The zero-order chi connectivity index (χ0) is 13.8. The van der Waals surface area contributed by atoms with E-state index in [2.05, 4.69) is 20.5 Å². The van der Waals surface area contributed by atoms with Crippen molar-refractivity contribution in [2.75, 3.05) is 31.5 Å². The number of carbonyl (C=O) groups is 1. The van der Waals surface area contributed by atoms with Crippen molar-refractivity contribution in [1.82, 2.24) is 15.2 Å². The van der Waals surface area contributed by atoms with Crippen LogP contribution >= 0.6 is 23.2 Å². The molecule has 1 aliphatic heterocycles. The second-order valence-corrected chi connectivity index (χ2v) is 5.25. The standard InChI is InChI=1S/C12H16Cl2N4O/c1-2-18(9-5-15-6-9)7-11(19)17-12-10(14)3-8(13)4-16-12/h3-4,9,15H,2,5-7H2,1H3,(H,16,17,19). The normalized spacial score (nSPS) is 15.4. The van der Waals surface area contributed by atoms with Crippen molar-refractivity contribution in [2.24, 2.45) is 0 Å². The number of anilines is 1. The Kier molecular flexibility index (Phi) is 4.99. The first kappa shape index (κ1) is 14.5. The molecule has 1 fully saturated rings. The van der Waals surface area contributed by atoms with Gasteiger partial charge in [0.2, 0.25) is 5.91 Å². The Labute approximate surface area is 122 Å². The first-order chi connectivity index (χ1) is 9.10. The van der Waals surface area contributed by atoms with Crippen molar-refractivity contribution in [3.8, 4) is 0 Å². The monoisotopic (exact) mass is 302 g/mol. The highest BCUT2D eigenvalue weighted by Crippen LogP contribution is 2.22. The van der Waals surface area contributed by atoms with Crippen LogP contribution in [0, 0.1) is 0 Å². The number of nitrogens with one attached hydrogen (secondary N) is 2. The van der Waals surface area contributed by atoms with Gasteiger partial charge in [0.05, 0.1) is 16.6 Å². The molecule has 1 aromatic heterocycles. The Morgan fingerprint density at radius 1 is 1.58 bits per heavy atom. The van der Waals surface area contributed by atoms with Crippen LogP contribution in [0.4, 0.5) is 5.82 Å². The molecular weight excluding hydrogens is 287 g/mol. The van der Waals surface area contributed by atoms with Gasteiger partial charge in [0.1, 0.15) is 0 Å². The van der Waals surface area contributed by atoms with E-state index in [1.54, 1.807) is 6.07 Å². The molecule has 0 spiro atoms. The summed E-state index contributed by atoms with van der Waals surface area (Å²) in [5.74, 6) is 0.226. The predicted octanol–water partition coefficient (Wildman–Crippen LogP) is 1.62. The van der Waals surface area contributed by atoms with Crippen LogP contribution in [-0.4, -0.2) is 48.0 Å². The van der Waals surface area contributed by atoms with E-state index in [-0.39, 0.29) is 5.91 Å². The number of likely N-dealkylation sites (N-methyl/N-ethyl adjacent to an activating group) is 1. The lowest BCUT2D eigenvalue weighted by Gasteiger charge is -2.37. The second-order valence-electron chi connectivity index (χ2n) is 4.41. The van der Waals surface area contributed by atoms with Gasteiger partial charge in [-0.15, -0.1) is 0 Å². The van der Waals surface area contributed by atoms with Gasteiger partial charge in [0, 0.05) is 25.3 Å². The fourth-order valence-electron chi connectivity index (χ4n) is 1.89. The molecule has 2 rings (SSSR count). The van der Waals surface area contributed by atoms with Gasteiger partial charge in [-0.25, -0.2) is 4.98 Å². The SMILES string of the molecule is CCN(CC(=O)Nc1ncc(Cl)cc1Cl)C1CNC1. The van der Waals surface area contributed by atoms with Crippen molar-refractivity contribution in [3.63, 3.8) is 0 Å². The highest BCUT2D eigenvalue weighted by Gasteiger charge is 2.25. The third kappa shape index (κ3) is 3.79. The number of amides is 1. The average Bonchev–Trinajstić information content (AvgIpc) is 2.29. The third-order valence-electron chi connectivity index (χ3n) is 3.09. The minimum absolute atomic E-state index is 0.120. The van der Waals surface area contributed by atoms with Crippen molar-refractivity contribution >= 4 is 34.9 Å². The summed E-state index contributed by atoms with van der Waals surface area (Å²) in [5, 5.41) is 6.68. The Bertz CT molecular complexity index is 465. The molecule has 1 aromatic rings. The molecule has 5 nitrogen and oxygen atoms in total. The number of hydrogen-bond acceptors (Lipinski definition) is 4. The third-order valence-corrected chi connectivity index (χ3v) is 3.59. The summed E-state index contributed by atoms with van der Waals surface area (Å²) in [6.07, 6.45) is 1.45. The van der Waals surface area contributed by atoms with E-state index in [0.29, 0.717) is 28.4 Å². The Morgan fingerprint density at radius 2 is 2.32 bits per heavy atom. The van der Waals surface area contributed by atoms with Gasteiger partial charge < -0.3 is 10.6 Å². The quantitative estimate of drug-likeness (QED) is 0.868. The van der Waals surface area contributed by atoms with Gasteiger partial charge in [0.15, 0.2) is 5.82 Å². The number of aromatic nitrogens is 1. The van der Waals surface area contributed by atoms with Gasteiger partial charge in [-0.1, -0.05) is 30.1 Å². The molecule has 2 N–H and O–H groups in total. The Morgan fingerprint density at radius 3 is 2.84 bits per heavy atom. The first-order valence-electron chi connectivity index (χ1n) is 6.15. The van der Waals surface area contributed by atoms with Crippen molar-refractivity contribution in [3.05, 3.63) is 22.3 Å². The minimum atomic E-state index is -0.120. The fraction of sp³-hybridized carbons (Fsp3) is 0.500. The van der Waals surface area contributed by atoms with E-state index < -0.39 is 0 Å². The Balaban J connectivity index is 1.92. The molecule has 2 heterocycles. The summed E-state index contributed by atoms with van der Waals surface area (Å²) in [6.45, 7) is 5.08. The lowest BCUT2D eigenvalue weighted by molar-refractivity contribution is -0.118. The summed E-state index contributed by atoms with van der Waals surface area (Å²) in [7, 11) is 0. The molecule has 7 heteroatoms. The lowest BCUT2D eigenvalue weighted by Crippen LogP contribution is -2.58. The summed E-state index contributed by atoms with van der Waals surface area (Å²) >= 11 is 11.7. The molecule has 19 heavy (non-hydrogen) atoms. The number of rotatable bonds is 5. The summed E-state index contributed by atoms with van der Waals surface area (Å²) in [6, 6.07) is 1.99. The van der Waals surface area contributed by atoms with Crippen molar-refractivity contribution in [2.45, 2.75) is 13.0 Å². The average molecular weight is 303 g/mol. The van der Waals surface area contributed by atoms with Gasteiger partial charge >= 0.3 is 0 Å². The highest BCUT2D eigenvalue weighted by molar-refractivity contribution is 6.36. The smallest absolute Gasteiger partial charge is 0.239 e. The molecule has 1 amide bonds. The molecule has 1 aliphatic rings. The van der Waals surface area contributed by atoms with E-state index in [9.17, 15) is 4.79 Å². The minimum Gasteiger partial charge on any atom is -0.314 e. The summed E-state index contributed by atoms with van der Waals surface area (Å²) in [5.41, 5.74) is 0.